The molecule has 2 heterocycles. The van der Waals surface area contributed by atoms with Crippen LogP contribution in [-0.4, -0.2) is 30.1 Å². The highest BCUT2D eigenvalue weighted by Crippen LogP contribution is 2.29. The van der Waals surface area contributed by atoms with Gasteiger partial charge in [0, 0.05) is 24.3 Å². The summed E-state index contributed by atoms with van der Waals surface area (Å²) in [7, 11) is 0. The number of piperidine rings is 1. The Morgan fingerprint density at radius 3 is 3.00 bits per heavy atom. The van der Waals surface area contributed by atoms with Crippen molar-refractivity contribution in [3.8, 4) is 0 Å². The lowest BCUT2D eigenvalue weighted by atomic mass is 9.97. The third-order valence-electron chi connectivity index (χ3n) is 4.58. The van der Waals surface area contributed by atoms with Gasteiger partial charge < -0.3 is 10.2 Å². The van der Waals surface area contributed by atoms with Crippen LogP contribution in [0.3, 0.4) is 0 Å². The number of anilines is 1. The molecule has 18 heavy (non-hydrogen) atoms. The second-order valence-corrected chi connectivity index (χ2v) is 5.71. The second kappa shape index (κ2) is 5.31. The van der Waals surface area contributed by atoms with Gasteiger partial charge in [-0.25, -0.2) is 0 Å². The van der Waals surface area contributed by atoms with Crippen molar-refractivity contribution in [3.05, 3.63) is 29.8 Å². The van der Waals surface area contributed by atoms with Crippen LogP contribution < -0.4 is 5.32 Å². The van der Waals surface area contributed by atoms with E-state index >= 15 is 0 Å². The summed E-state index contributed by atoms with van der Waals surface area (Å²) in [6, 6.07) is 10.3. The Labute approximate surface area is 110 Å². The lowest BCUT2D eigenvalue weighted by Crippen LogP contribution is -2.42. The van der Waals surface area contributed by atoms with E-state index in [0.29, 0.717) is 6.04 Å². The van der Waals surface area contributed by atoms with E-state index in [1.54, 1.807) is 0 Å². The minimum atomic E-state index is 0.678. The highest BCUT2D eigenvalue weighted by atomic mass is 15.2. The predicted molar refractivity (Wildman–Crippen MR) is 77.1 cm³/mol. The van der Waals surface area contributed by atoms with Crippen molar-refractivity contribution in [2.45, 2.75) is 51.1 Å². The molecule has 2 atom stereocenters. The molecule has 0 radical (unpaired) electrons. The number of benzene rings is 1. The minimum Gasteiger partial charge on any atom is -0.382 e. The lowest BCUT2D eigenvalue weighted by Gasteiger charge is -2.35. The Hall–Kier alpha value is -1.02. The minimum absolute atomic E-state index is 0.678. The number of rotatable bonds is 3. The van der Waals surface area contributed by atoms with Gasteiger partial charge in [-0.2, -0.15) is 0 Å². The molecule has 0 bridgehead atoms. The van der Waals surface area contributed by atoms with Crippen LogP contribution in [-0.2, 0) is 6.42 Å². The van der Waals surface area contributed by atoms with Gasteiger partial charge >= 0.3 is 0 Å². The average Bonchev–Trinajstić information content (AvgIpc) is 2.87. The first-order valence-corrected chi connectivity index (χ1v) is 7.45. The predicted octanol–water partition coefficient (Wildman–Crippen LogP) is 3.29. The number of fused-ring (bicyclic) bond motifs is 1. The van der Waals surface area contributed by atoms with E-state index in [1.165, 1.54) is 50.0 Å². The first kappa shape index (κ1) is 12.0. The molecule has 2 aliphatic heterocycles. The van der Waals surface area contributed by atoms with Crippen LogP contribution in [0.15, 0.2) is 24.3 Å². The van der Waals surface area contributed by atoms with Crippen LogP contribution in [0.2, 0.25) is 0 Å². The van der Waals surface area contributed by atoms with Gasteiger partial charge in [0.2, 0.25) is 0 Å². The second-order valence-electron chi connectivity index (χ2n) is 5.71. The van der Waals surface area contributed by atoms with Gasteiger partial charge in [0.25, 0.3) is 0 Å². The number of nitrogens with zero attached hydrogens (tertiary/aromatic N) is 1. The van der Waals surface area contributed by atoms with E-state index in [2.05, 4.69) is 41.4 Å². The maximum absolute atomic E-state index is 3.79. The Kier molecular flexibility index (Phi) is 3.55. The van der Waals surface area contributed by atoms with Crippen LogP contribution in [0, 0.1) is 0 Å². The molecule has 1 aromatic carbocycles. The van der Waals surface area contributed by atoms with Gasteiger partial charge in [0.05, 0.1) is 0 Å². The van der Waals surface area contributed by atoms with E-state index < -0.39 is 0 Å². The van der Waals surface area contributed by atoms with Crippen molar-refractivity contribution < 1.29 is 0 Å². The molecule has 2 unspecified atom stereocenters. The first-order valence-electron chi connectivity index (χ1n) is 7.45. The van der Waals surface area contributed by atoms with Crippen molar-refractivity contribution >= 4 is 5.69 Å². The van der Waals surface area contributed by atoms with Crippen LogP contribution in [0.1, 0.15) is 38.2 Å². The fraction of sp³-hybridized carbons (Fsp3) is 0.625. The molecule has 1 N–H and O–H groups in total. The monoisotopic (exact) mass is 244 g/mol. The Balaban J connectivity index is 1.66. The number of aryl methyl sites for hydroxylation is 1. The Bertz CT molecular complexity index is 402. The zero-order valence-electron chi connectivity index (χ0n) is 11.4. The van der Waals surface area contributed by atoms with E-state index in [9.17, 15) is 0 Å². The van der Waals surface area contributed by atoms with Gasteiger partial charge in [0.15, 0.2) is 0 Å². The van der Waals surface area contributed by atoms with Crippen LogP contribution >= 0.6 is 0 Å². The van der Waals surface area contributed by atoms with Gasteiger partial charge in [-0.15, -0.1) is 0 Å². The highest BCUT2D eigenvalue weighted by Gasteiger charge is 2.31. The number of hydrogen-bond donors (Lipinski definition) is 1. The molecule has 2 fully saturated rings. The largest absolute Gasteiger partial charge is 0.382 e. The van der Waals surface area contributed by atoms with Crippen molar-refractivity contribution in [1.29, 1.82) is 0 Å². The molecule has 0 aliphatic carbocycles. The molecule has 98 valence electrons. The first-order chi connectivity index (χ1) is 8.86. The summed E-state index contributed by atoms with van der Waals surface area (Å²) >= 11 is 0. The standard InChI is InChI=1S/C16H24N2/c1-2-13-6-3-4-8-16(13)17-14-9-11-18-10-5-7-15(18)12-14/h3-4,6,8,14-15,17H,2,5,7,9-12H2,1H3. The van der Waals surface area contributed by atoms with Gasteiger partial charge in [-0.05, 0) is 50.3 Å². The third kappa shape index (κ3) is 2.39. The molecule has 0 saturated carbocycles. The number of nitrogens with one attached hydrogen (secondary N) is 1. The lowest BCUT2D eigenvalue weighted by molar-refractivity contribution is 0.188. The van der Waals surface area contributed by atoms with E-state index in [1.807, 2.05) is 0 Å². The normalized spacial score (nSPS) is 28.1. The van der Waals surface area contributed by atoms with E-state index in [0.717, 1.165) is 12.5 Å². The van der Waals surface area contributed by atoms with E-state index in [-0.39, 0.29) is 0 Å². The fourth-order valence-electron chi connectivity index (χ4n) is 3.54. The summed E-state index contributed by atoms with van der Waals surface area (Å²) in [5, 5.41) is 3.79. The summed E-state index contributed by atoms with van der Waals surface area (Å²) in [4.78, 5) is 2.68. The van der Waals surface area contributed by atoms with Crippen molar-refractivity contribution in [1.82, 2.24) is 4.90 Å². The van der Waals surface area contributed by atoms with Crippen molar-refractivity contribution in [2.24, 2.45) is 0 Å². The van der Waals surface area contributed by atoms with Gasteiger partial charge in [-0.1, -0.05) is 25.1 Å². The SMILES string of the molecule is CCc1ccccc1NC1CCN2CCCC2C1. The molecule has 3 rings (SSSR count). The molecular formula is C16H24N2. The zero-order chi connectivity index (χ0) is 12.4. The van der Waals surface area contributed by atoms with Gasteiger partial charge in [0.1, 0.15) is 0 Å². The molecule has 2 heteroatoms. The molecule has 0 amide bonds. The zero-order valence-corrected chi connectivity index (χ0v) is 11.4. The maximum atomic E-state index is 3.79. The smallest absolute Gasteiger partial charge is 0.0374 e. The number of hydrogen-bond acceptors (Lipinski definition) is 2. The highest BCUT2D eigenvalue weighted by molar-refractivity contribution is 5.51. The molecule has 2 nitrogen and oxygen atoms in total. The molecular weight excluding hydrogens is 220 g/mol. The summed E-state index contributed by atoms with van der Waals surface area (Å²) < 4.78 is 0. The van der Waals surface area contributed by atoms with Gasteiger partial charge in [-0.3, -0.25) is 0 Å². The molecule has 2 aliphatic rings. The Morgan fingerprint density at radius 2 is 2.11 bits per heavy atom. The van der Waals surface area contributed by atoms with Crippen molar-refractivity contribution in [2.75, 3.05) is 18.4 Å². The third-order valence-corrected chi connectivity index (χ3v) is 4.58. The average molecular weight is 244 g/mol. The molecule has 2 saturated heterocycles. The summed E-state index contributed by atoms with van der Waals surface area (Å²) in [6.07, 6.45) is 6.56. The summed E-state index contributed by atoms with van der Waals surface area (Å²) in [6.45, 7) is 4.86. The van der Waals surface area contributed by atoms with Crippen molar-refractivity contribution in [3.63, 3.8) is 0 Å². The maximum Gasteiger partial charge on any atom is 0.0374 e. The van der Waals surface area contributed by atoms with Crippen LogP contribution in [0.4, 0.5) is 5.69 Å². The van der Waals surface area contributed by atoms with E-state index in [4.69, 9.17) is 0 Å². The Morgan fingerprint density at radius 1 is 1.22 bits per heavy atom. The van der Waals surface area contributed by atoms with Crippen LogP contribution in [0.25, 0.3) is 0 Å². The molecule has 0 spiro atoms. The molecule has 1 aromatic rings. The summed E-state index contributed by atoms with van der Waals surface area (Å²) in [5.74, 6) is 0. The quantitative estimate of drug-likeness (QED) is 0.877. The topological polar surface area (TPSA) is 15.3 Å². The number of para-hydroxylation sites is 1. The van der Waals surface area contributed by atoms with Crippen LogP contribution in [0.5, 0.6) is 0 Å². The molecule has 0 aromatic heterocycles. The fourth-order valence-corrected chi connectivity index (χ4v) is 3.54. The summed E-state index contributed by atoms with van der Waals surface area (Å²) in [5.41, 5.74) is 2.81.